The van der Waals surface area contributed by atoms with Crippen LogP contribution in [0.2, 0.25) is 0 Å². The van der Waals surface area contributed by atoms with Crippen molar-refractivity contribution in [3.05, 3.63) is 35.6 Å². The quantitative estimate of drug-likeness (QED) is 0.585. The van der Waals surface area contributed by atoms with Crippen LogP contribution in [0, 0.1) is 17.1 Å². The van der Waals surface area contributed by atoms with Gasteiger partial charge in [-0.05, 0) is 18.9 Å². The highest BCUT2D eigenvalue weighted by Crippen LogP contribution is 2.36. The fourth-order valence-corrected chi connectivity index (χ4v) is 2.63. The molecule has 1 aliphatic rings. The summed E-state index contributed by atoms with van der Waals surface area (Å²) in [6.45, 7) is 1.67. The third kappa shape index (κ3) is 2.06. The van der Waals surface area contributed by atoms with Crippen LogP contribution in [0.1, 0.15) is 18.4 Å². The van der Waals surface area contributed by atoms with Crippen molar-refractivity contribution >= 4 is 22.9 Å². The number of nitriles is 1. The predicted octanol–water partition coefficient (Wildman–Crippen LogP) is 3.03. The summed E-state index contributed by atoms with van der Waals surface area (Å²) in [7, 11) is 0. The molecule has 84 valence electrons. The van der Waals surface area contributed by atoms with Gasteiger partial charge in [-0.25, -0.2) is 7.50 Å². The second kappa shape index (κ2) is 4.68. The largest absolute Gasteiger partial charge is 0.247 e. The summed E-state index contributed by atoms with van der Waals surface area (Å²) >= 11 is 2.25. The number of rotatable bonds is 1. The normalized spacial score (nSPS) is 20.3. The van der Waals surface area contributed by atoms with Crippen LogP contribution in [0.25, 0.3) is 0 Å². The van der Waals surface area contributed by atoms with E-state index in [1.54, 1.807) is 18.2 Å². The number of nitrogens with zero attached hydrogens (tertiary/aromatic N) is 2. The zero-order valence-electron chi connectivity index (χ0n) is 8.79. The average molecular weight is 330 g/mol. The van der Waals surface area contributed by atoms with Crippen LogP contribution in [0.4, 0.5) is 4.39 Å². The van der Waals surface area contributed by atoms with Crippen LogP contribution in [-0.2, 0) is 5.41 Å². The minimum Gasteiger partial charge on any atom is -0.247 e. The van der Waals surface area contributed by atoms with Gasteiger partial charge in [-0.3, -0.25) is 0 Å². The van der Waals surface area contributed by atoms with E-state index in [9.17, 15) is 9.65 Å². The molecule has 0 radical (unpaired) electrons. The molecule has 0 amide bonds. The van der Waals surface area contributed by atoms with Gasteiger partial charge >= 0.3 is 0 Å². The lowest BCUT2D eigenvalue weighted by Crippen LogP contribution is -2.38. The molecule has 16 heavy (non-hydrogen) atoms. The first-order valence-electron chi connectivity index (χ1n) is 5.25. The third-order valence-corrected chi connectivity index (χ3v) is 4.13. The molecule has 0 saturated carbocycles. The molecule has 2 rings (SSSR count). The van der Waals surface area contributed by atoms with Gasteiger partial charge in [0.15, 0.2) is 0 Å². The molecule has 1 heterocycles. The van der Waals surface area contributed by atoms with E-state index in [2.05, 4.69) is 32.0 Å². The van der Waals surface area contributed by atoms with E-state index in [1.807, 2.05) is 0 Å². The zero-order valence-corrected chi connectivity index (χ0v) is 10.9. The van der Waals surface area contributed by atoms with Crippen molar-refractivity contribution in [2.75, 3.05) is 13.1 Å². The van der Waals surface area contributed by atoms with Gasteiger partial charge in [0.25, 0.3) is 0 Å². The van der Waals surface area contributed by atoms with E-state index >= 15 is 0 Å². The lowest BCUT2D eigenvalue weighted by atomic mass is 9.74. The summed E-state index contributed by atoms with van der Waals surface area (Å²) in [6.07, 6.45) is 1.40. The number of halogens is 2. The van der Waals surface area contributed by atoms with Crippen molar-refractivity contribution in [3.63, 3.8) is 0 Å². The molecule has 0 spiro atoms. The maximum absolute atomic E-state index is 13.7. The molecule has 0 bridgehead atoms. The van der Waals surface area contributed by atoms with Gasteiger partial charge < -0.3 is 0 Å². The summed E-state index contributed by atoms with van der Waals surface area (Å²) in [5.41, 5.74) is -0.0745. The van der Waals surface area contributed by atoms with E-state index in [-0.39, 0.29) is 5.82 Å². The van der Waals surface area contributed by atoms with Crippen molar-refractivity contribution in [3.8, 4) is 6.07 Å². The van der Waals surface area contributed by atoms with E-state index in [0.29, 0.717) is 18.4 Å². The lowest BCUT2D eigenvalue weighted by molar-refractivity contribution is 0.306. The molecule has 1 aromatic carbocycles. The number of piperidine rings is 1. The first-order chi connectivity index (χ1) is 7.68. The maximum atomic E-state index is 13.7. The van der Waals surface area contributed by atoms with Gasteiger partial charge in [0, 0.05) is 41.5 Å². The van der Waals surface area contributed by atoms with Gasteiger partial charge in [-0.1, -0.05) is 18.2 Å². The standard InChI is InChI=1S/C12H12FIN2/c13-11-4-2-1-3-10(11)12(9-15)5-7-16(14)8-6-12/h1-4H,5-8H2. The summed E-state index contributed by atoms with van der Waals surface area (Å²) in [4.78, 5) is 0. The van der Waals surface area contributed by atoms with E-state index in [0.717, 1.165) is 13.1 Å². The first kappa shape index (κ1) is 11.8. The Morgan fingerprint density at radius 1 is 1.31 bits per heavy atom. The predicted molar refractivity (Wildman–Crippen MR) is 68.5 cm³/mol. The summed E-state index contributed by atoms with van der Waals surface area (Å²) in [5.74, 6) is -0.258. The molecule has 0 unspecified atom stereocenters. The highest BCUT2D eigenvalue weighted by molar-refractivity contribution is 14.1. The molecule has 1 fully saturated rings. The van der Waals surface area contributed by atoms with Crippen LogP contribution in [0.3, 0.4) is 0 Å². The third-order valence-electron chi connectivity index (χ3n) is 3.17. The number of benzene rings is 1. The minimum atomic E-state index is -0.632. The molecule has 1 aromatic rings. The Labute approximate surface area is 109 Å². The zero-order chi connectivity index (χ0) is 11.6. The van der Waals surface area contributed by atoms with Crippen LogP contribution in [0.5, 0.6) is 0 Å². The summed E-state index contributed by atoms with van der Waals surface area (Å²) < 4.78 is 15.9. The van der Waals surface area contributed by atoms with Crippen molar-refractivity contribution < 1.29 is 4.39 Å². The SMILES string of the molecule is N#CC1(c2ccccc2F)CCN(I)CC1. The van der Waals surface area contributed by atoms with Crippen molar-refractivity contribution in [2.45, 2.75) is 18.3 Å². The van der Waals surface area contributed by atoms with Crippen molar-refractivity contribution in [2.24, 2.45) is 0 Å². The second-order valence-corrected chi connectivity index (χ2v) is 5.45. The Bertz CT molecular complexity index is 419. The maximum Gasteiger partial charge on any atom is 0.128 e. The molecular formula is C12H12FIN2. The van der Waals surface area contributed by atoms with E-state index < -0.39 is 5.41 Å². The molecule has 0 atom stereocenters. The summed E-state index contributed by atoms with van der Waals surface area (Å²) in [5, 5.41) is 9.37. The average Bonchev–Trinajstić information content (AvgIpc) is 2.32. The first-order valence-corrected chi connectivity index (χ1v) is 6.21. The van der Waals surface area contributed by atoms with E-state index in [1.165, 1.54) is 6.07 Å². The summed E-state index contributed by atoms with van der Waals surface area (Å²) in [6, 6.07) is 8.96. The van der Waals surface area contributed by atoms with Crippen molar-refractivity contribution in [1.29, 1.82) is 5.26 Å². The Balaban J connectivity index is 2.37. The van der Waals surface area contributed by atoms with Gasteiger partial charge in [-0.2, -0.15) is 5.26 Å². The smallest absolute Gasteiger partial charge is 0.128 e. The van der Waals surface area contributed by atoms with Crippen molar-refractivity contribution in [1.82, 2.24) is 3.11 Å². The fourth-order valence-electron chi connectivity index (χ4n) is 2.15. The van der Waals surface area contributed by atoms with Gasteiger partial charge in [0.2, 0.25) is 0 Å². The van der Waals surface area contributed by atoms with E-state index in [4.69, 9.17) is 0 Å². The second-order valence-electron chi connectivity index (χ2n) is 4.08. The molecule has 0 aromatic heterocycles. The Kier molecular flexibility index (Phi) is 3.45. The number of hydrogen-bond acceptors (Lipinski definition) is 2. The fraction of sp³-hybridized carbons (Fsp3) is 0.417. The topological polar surface area (TPSA) is 27.0 Å². The molecule has 1 aliphatic heterocycles. The van der Waals surface area contributed by atoms with Crippen LogP contribution >= 0.6 is 22.9 Å². The van der Waals surface area contributed by atoms with Crippen LogP contribution in [-0.4, -0.2) is 16.2 Å². The molecular weight excluding hydrogens is 318 g/mol. The molecule has 4 heteroatoms. The lowest BCUT2D eigenvalue weighted by Gasteiger charge is -2.34. The number of hydrogen-bond donors (Lipinski definition) is 0. The van der Waals surface area contributed by atoms with Gasteiger partial charge in [0.1, 0.15) is 5.82 Å². The Hall–Kier alpha value is -0.670. The highest BCUT2D eigenvalue weighted by atomic mass is 127. The van der Waals surface area contributed by atoms with Crippen LogP contribution in [0.15, 0.2) is 24.3 Å². The van der Waals surface area contributed by atoms with Gasteiger partial charge in [-0.15, -0.1) is 0 Å². The monoisotopic (exact) mass is 330 g/mol. The van der Waals surface area contributed by atoms with Gasteiger partial charge in [0.05, 0.1) is 11.5 Å². The van der Waals surface area contributed by atoms with Crippen LogP contribution < -0.4 is 0 Å². The molecule has 0 aliphatic carbocycles. The highest BCUT2D eigenvalue weighted by Gasteiger charge is 2.37. The molecule has 2 nitrogen and oxygen atoms in total. The minimum absolute atomic E-state index is 0.258. The molecule has 0 N–H and O–H groups in total. The molecule has 1 saturated heterocycles. The Morgan fingerprint density at radius 3 is 2.50 bits per heavy atom. The Morgan fingerprint density at radius 2 is 1.94 bits per heavy atom.